The minimum absolute atomic E-state index is 0.0148. The van der Waals surface area contributed by atoms with Crippen LogP contribution in [0.15, 0.2) is 53.3 Å². The molecule has 2 aromatic heterocycles. The number of phenolic OH excluding ortho intramolecular Hbond substituents is 1. The average Bonchev–Trinajstić information content (AvgIpc) is 2.97. The molecule has 0 saturated carbocycles. The number of hydrogen-bond donors (Lipinski definition) is 3. The lowest BCUT2D eigenvalue weighted by Gasteiger charge is -2.07. The van der Waals surface area contributed by atoms with E-state index < -0.39 is 11.6 Å². The Bertz CT molecular complexity index is 1240. The number of aromatic nitrogens is 4. The van der Waals surface area contributed by atoms with Gasteiger partial charge in [-0.3, -0.25) is 4.79 Å². The van der Waals surface area contributed by atoms with Gasteiger partial charge in [-0.25, -0.2) is 19.3 Å². The number of imidazole rings is 1. The highest BCUT2D eigenvalue weighted by molar-refractivity contribution is 6.30. The third-order valence-corrected chi connectivity index (χ3v) is 4.21. The van der Waals surface area contributed by atoms with Crippen molar-refractivity contribution >= 4 is 28.7 Å². The molecule has 4 N–H and O–H groups in total. The molecule has 0 aliphatic carbocycles. The highest BCUT2D eigenvalue weighted by atomic mass is 35.5. The normalized spacial score (nSPS) is 11.0. The zero-order chi connectivity index (χ0) is 19.1. The topological polar surface area (TPSA) is 127 Å². The summed E-state index contributed by atoms with van der Waals surface area (Å²) in [5.74, 6) is -0.650. The number of benzene rings is 2. The summed E-state index contributed by atoms with van der Waals surface area (Å²) < 4.78 is 1.30. The predicted molar refractivity (Wildman–Crippen MR) is 100 cm³/mol. The zero-order valence-electron chi connectivity index (χ0n) is 13.7. The largest absolute Gasteiger partial charge is 0.508 e. The third-order valence-electron chi connectivity index (χ3n) is 3.96. The molecule has 1 amide bonds. The fourth-order valence-electron chi connectivity index (χ4n) is 2.77. The molecule has 0 radical (unpaired) electrons. The van der Waals surface area contributed by atoms with E-state index in [1.807, 2.05) is 0 Å². The number of fused-ring (bicyclic) bond motifs is 1. The molecule has 0 aliphatic heterocycles. The van der Waals surface area contributed by atoms with Gasteiger partial charge in [-0.2, -0.15) is 0 Å². The number of aromatic amines is 1. The maximum atomic E-state index is 12.5. The molecule has 134 valence electrons. The number of nitrogens with one attached hydrogen (secondary N) is 1. The maximum Gasteiger partial charge on any atom is 0.332 e. The molecule has 2 heterocycles. The van der Waals surface area contributed by atoms with Gasteiger partial charge in [0.25, 0.3) is 5.91 Å². The molecule has 0 unspecified atom stereocenters. The first kappa shape index (κ1) is 16.8. The van der Waals surface area contributed by atoms with Crippen LogP contribution in [0.25, 0.3) is 28.2 Å². The second-order valence-electron chi connectivity index (χ2n) is 5.75. The summed E-state index contributed by atoms with van der Waals surface area (Å²) >= 11 is 5.91. The predicted octanol–water partition coefficient (Wildman–Crippen LogP) is 2.23. The van der Waals surface area contributed by atoms with E-state index in [-0.39, 0.29) is 28.4 Å². The minimum Gasteiger partial charge on any atom is -0.508 e. The van der Waals surface area contributed by atoms with E-state index in [0.717, 1.165) is 0 Å². The minimum atomic E-state index is -0.812. The molecule has 0 atom stereocenters. The number of hydrogen-bond acceptors (Lipinski definition) is 5. The lowest BCUT2D eigenvalue weighted by atomic mass is 10.2. The van der Waals surface area contributed by atoms with E-state index in [1.54, 1.807) is 36.4 Å². The Kier molecular flexibility index (Phi) is 3.89. The van der Waals surface area contributed by atoms with Crippen molar-refractivity contribution in [1.82, 2.24) is 19.5 Å². The number of nitrogens with two attached hydrogens (primary N) is 1. The first-order valence-corrected chi connectivity index (χ1v) is 8.20. The van der Waals surface area contributed by atoms with E-state index in [0.29, 0.717) is 16.3 Å². The molecule has 9 heteroatoms. The number of primary amides is 1. The van der Waals surface area contributed by atoms with Crippen molar-refractivity contribution in [2.24, 2.45) is 5.73 Å². The highest BCUT2D eigenvalue weighted by Gasteiger charge is 2.20. The molecule has 27 heavy (non-hydrogen) atoms. The van der Waals surface area contributed by atoms with Gasteiger partial charge in [0, 0.05) is 10.6 Å². The number of phenols is 1. The Labute approximate surface area is 156 Å². The van der Waals surface area contributed by atoms with Crippen molar-refractivity contribution in [2.75, 3.05) is 0 Å². The van der Waals surface area contributed by atoms with E-state index in [4.69, 9.17) is 17.3 Å². The van der Waals surface area contributed by atoms with E-state index in [9.17, 15) is 14.7 Å². The zero-order valence-corrected chi connectivity index (χ0v) is 14.4. The number of halogens is 1. The molecule has 0 spiro atoms. The molecule has 0 bridgehead atoms. The van der Waals surface area contributed by atoms with Crippen molar-refractivity contribution in [3.8, 4) is 22.8 Å². The fraction of sp³-hybridized carbons (Fsp3) is 0. The molecule has 2 aromatic carbocycles. The van der Waals surface area contributed by atoms with Gasteiger partial charge < -0.3 is 15.8 Å². The monoisotopic (exact) mass is 381 g/mol. The van der Waals surface area contributed by atoms with Crippen LogP contribution in [-0.2, 0) is 0 Å². The van der Waals surface area contributed by atoms with Crippen LogP contribution in [0.5, 0.6) is 5.75 Å². The molecule has 0 aliphatic rings. The Hall–Kier alpha value is -3.65. The molecule has 8 nitrogen and oxygen atoms in total. The van der Waals surface area contributed by atoms with Gasteiger partial charge in [0.2, 0.25) is 0 Å². The summed E-state index contributed by atoms with van der Waals surface area (Å²) in [6, 6.07) is 12.8. The van der Waals surface area contributed by atoms with Gasteiger partial charge in [0.15, 0.2) is 17.2 Å². The number of carbonyl (C=O) groups is 1. The van der Waals surface area contributed by atoms with Crippen LogP contribution in [0, 0.1) is 0 Å². The summed E-state index contributed by atoms with van der Waals surface area (Å²) in [4.78, 5) is 35.6. The lowest BCUT2D eigenvalue weighted by Crippen LogP contribution is -2.15. The van der Waals surface area contributed by atoms with Crippen LogP contribution in [-0.4, -0.2) is 30.5 Å². The van der Waals surface area contributed by atoms with Crippen LogP contribution in [0.2, 0.25) is 5.02 Å². The summed E-state index contributed by atoms with van der Waals surface area (Å²) in [6.45, 7) is 0. The average molecular weight is 382 g/mol. The summed E-state index contributed by atoms with van der Waals surface area (Å²) in [5, 5.41) is 10.2. The molecule has 4 rings (SSSR count). The second-order valence-corrected chi connectivity index (χ2v) is 6.19. The number of carbonyl (C=O) groups excluding carboxylic acids is 1. The highest BCUT2D eigenvalue weighted by Crippen LogP contribution is 2.24. The quantitative estimate of drug-likeness (QED) is 0.501. The Morgan fingerprint density at radius 2 is 1.89 bits per heavy atom. The molecule has 0 fully saturated rings. The van der Waals surface area contributed by atoms with Crippen molar-refractivity contribution in [3.63, 3.8) is 0 Å². The van der Waals surface area contributed by atoms with Gasteiger partial charge in [0.05, 0.1) is 5.69 Å². The van der Waals surface area contributed by atoms with Gasteiger partial charge in [-0.05, 0) is 36.4 Å². The van der Waals surface area contributed by atoms with Crippen LogP contribution >= 0.6 is 11.6 Å². The van der Waals surface area contributed by atoms with Crippen molar-refractivity contribution in [2.45, 2.75) is 0 Å². The second kappa shape index (κ2) is 6.26. The SMILES string of the molecule is NC(=O)c1nc(-c2cccc(O)c2)nc2c1[nH]c(=O)n2-c1ccc(Cl)cc1. The number of aromatic hydroxyl groups is 1. The van der Waals surface area contributed by atoms with E-state index in [2.05, 4.69) is 15.0 Å². The van der Waals surface area contributed by atoms with Gasteiger partial charge in [-0.1, -0.05) is 23.7 Å². The van der Waals surface area contributed by atoms with Crippen LogP contribution in [0.3, 0.4) is 0 Å². The lowest BCUT2D eigenvalue weighted by molar-refractivity contribution is 0.0997. The van der Waals surface area contributed by atoms with Crippen LogP contribution in [0.4, 0.5) is 0 Å². The molecular formula is C18H12ClN5O3. The Balaban J connectivity index is 2.06. The van der Waals surface area contributed by atoms with Gasteiger partial charge in [0.1, 0.15) is 11.3 Å². The molecule has 4 aromatic rings. The van der Waals surface area contributed by atoms with Crippen molar-refractivity contribution in [1.29, 1.82) is 0 Å². The smallest absolute Gasteiger partial charge is 0.332 e. The first-order chi connectivity index (χ1) is 12.9. The number of rotatable bonds is 3. The van der Waals surface area contributed by atoms with Crippen molar-refractivity contribution in [3.05, 3.63) is 69.7 Å². The third kappa shape index (κ3) is 2.91. The Morgan fingerprint density at radius 3 is 2.56 bits per heavy atom. The van der Waals surface area contributed by atoms with Gasteiger partial charge >= 0.3 is 5.69 Å². The van der Waals surface area contributed by atoms with E-state index in [1.165, 1.54) is 16.7 Å². The summed E-state index contributed by atoms with van der Waals surface area (Å²) in [6.07, 6.45) is 0. The van der Waals surface area contributed by atoms with Crippen LogP contribution in [0.1, 0.15) is 10.5 Å². The van der Waals surface area contributed by atoms with E-state index >= 15 is 0 Å². The standard InChI is InChI=1S/C18H12ClN5O3/c19-10-4-6-11(7-5-10)24-17-14(22-18(24)27)13(15(20)26)21-16(23-17)9-2-1-3-12(25)8-9/h1-8,25H,(H2,20,26)(H,22,27). The summed E-state index contributed by atoms with van der Waals surface area (Å²) in [7, 11) is 0. The molecule has 0 saturated heterocycles. The van der Waals surface area contributed by atoms with Crippen molar-refractivity contribution < 1.29 is 9.90 Å². The Morgan fingerprint density at radius 1 is 1.15 bits per heavy atom. The first-order valence-electron chi connectivity index (χ1n) is 7.82. The number of nitrogens with zero attached hydrogens (tertiary/aromatic N) is 3. The number of H-pyrrole nitrogens is 1. The fourth-order valence-corrected chi connectivity index (χ4v) is 2.89. The maximum absolute atomic E-state index is 12.5. The molecular weight excluding hydrogens is 370 g/mol. The van der Waals surface area contributed by atoms with Gasteiger partial charge in [-0.15, -0.1) is 0 Å². The number of amides is 1. The summed E-state index contributed by atoms with van der Waals surface area (Å²) in [5.41, 5.74) is 6.11. The van der Waals surface area contributed by atoms with Crippen LogP contribution < -0.4 is 11.4 Å².